The molecule has 0 aromatic heterocycles. The Morgan fingerprint density at radius 1 is 0.882 bits per heavy atom. The van der Waals surface area contributed by atoms with Crippen molar-refractivity contribution in [3.05, 3.63) is 59.2 Å². The van der Waals surface area contributed by atoms with Crippen molar-refractivity contribution in [3.63, 3.8) is 0 Å². The SMILES string of the molecule is CC.CC1=CCCC(C)=C1.Cc1ccccc1. The van der Waals surface area contributed by atoms with Crippen LogP contribution >= 0.6 is 0 Å². The normalized spacial score (nSPS) is 13.2. The largest absolute Gasteiger partial charge is 0.0813 e. The molecule has 0 bridgehead atoms. The average Bonchev–Trinajstić information content (AvgIpc) is 2.33. The van der Waals surface area contributed by atoms with Crippen molar-refractivity contribution < 1.29 is 0 Å². The van der Waals surface area contributed by atoms with E-state index in [1.807, 2.05) is 32.0 Å². The molecule has 0 saturated heterocycles. The first-order valence-corrected chi connectivity index (χ1v) is 6.54. The minimum atomic E-state index is 1.24. The van der Waals surface area contributed by atoms with E-state index < -0.39 is 0 Å². The number of hydrogen-bond donors (Lipinski definition) is 0. The monoisotopic (exact) mass is 230 g/mol. The first-order valence-electron chi connectivity index (χ1n) is 6.54. The predicted octanol–water partition coefficient (Wildman–Crippen LogP) is 5.69. The van der Waals surface area contributed by atoms with Gasteiger partial charge in [0, 0.05) is 0 Å². The van der Waals surface area contributed by atoms with E-state index in [0.717, 1.165) is 0 Å². The third-order valence-corrected chi connectivity index (χ3v) is 2.42. The van der Waals surface area contributed by atoms with E-state index in [4.69, 9.17) is 0 Å². The second-order valence-corrected chi connectivity index (χ2v) is 4.13. The molecule has 17 heavy (non-hydrogen) atoms. The minimum Gasteiger partial charge on any atom is -0.0813 e. The summed E-state index contributed by atoms with van der Waals surface area (Å²) in [6.07, 6.45) is 7.04. The number of hydrogen-bond acceptors (Lipinski definition) is 0. The Bertz CT molecular complexity index is 342. The molecule has 0 heteroatoms. The Hall–Kier alpha value is -1.30. The first-order chi connectivity index (χ1) is 8.18. The van der Waals surface area contributed by atoms with Gasteiger partial charge < -0.3 is 0 Å². The molecule has 0 radical (unpaired) electrons. The van der Waals surface area contributed by atoms with Crippen LogP contribution in [-0.4, -0.2) is 0 Å². The minimum absolute atomic E-state index is 1.24. The molecule has 94 valence electrons. The highest BCUT2D eigenvalue weighted by Gasteiger charge is 1.94. The molecule has 1 aliphatic rings. The van der Waals surface area contributed by atoms with Crippen molar-refractivity contribution >= 4 is 0 Å². The van der Waals surface area contributed by atoms with Gasteiger partial charge in [0.2, 0.25) is 0 Å². The molecule has 0 amide bonds. The van der Waals surface area contributed by atoms with Gasteiger partial charge in [-0.2, -0.15) is 0 Å². The summed E-state index contributed by atoms with van der Waals surface area (Å²) < 4.78 is 0. The van der Waals surface area contributed by atoms with Crippen LogP contribution in [0, 0.1) is 6.92 Å². The van der Waals surface area contributed by atoms with Gasteiger partial charge >= 0.3 is 0 Å². The van der Waals surface area contributed by atoms with Gasteiger partial charge in [-0.05, 0) is 33.6 Å². The molecule has 0 spiro atoms. The molecular formula is C17H26. The topological polar surface area (TPSA) is 0 Å². The van der Waals surface area contributed by atoms with Crippen molar-refractivity contribution in [2.45, 2.75) is 47.5 Å². The van der Waals surface area contributed by atoms with Crippen LogP contribution in [0.4, 0.5) is 0 Å². The molecule has 0 fully saturated rings. The summed E-state index contributed by atoms with van der Waals surface area (Å²) in [6.45, 7) is 10.4. The van der Waals surface area contributed by atoms with Crippen molar-refractivity contribution in [1.29, 1.82) is 0 Å². The lowest BCUT2D eigenvalue weighted by molar-refractivity contribution is 0.945. The van der Waals surface area contributed by atoms with Crippen molar-refractivity contribution in [2.75, 3.05) is 0 Å². The maximum absolute atomic E-state index is 2.28. The van der Waals surface area contributed by atoms with E-state index in [1.54, 1.807) is 0 Å². The van der Waals surface area contributed by atoms with E-state index in [2.05, 4.69) is 45.1 Å². The van der Waals surface area contributed by atoms with Crippen LogP contribution in [0.3, 0.4) is 0 Å². The second-order valence-electron chi connectivity index (χ2n) is 4.13. The lowest BCUT2D eigenvalue weighted by Crippen LogP contribution is -1.84. The Morgan fingerprint density at radius 2 is 1.47 bits per heavy atom. The standard InChI is InChI=1S/C8H12.C7H8.C2H6/c1-7-4-3-5-8(2)6-7;1-7-5-3-2-4-6-7;1-2/h4,6H,3,5H2,1-2H3;2-6H,1H3;1-2H3. The van der Waals surface area contributed by atoms with E-state index in [9.17, 15) is 0 Å². The van der Waals surface area contributed by atoms with Gasteiger partial charge in [-0.1, -0.05) is 73.0 Å². The summed E-state index contributed by atoms with van der Waals surface area (Å²) in [7, 11) is 0. The van der Waals surface area contributed by atoms with E-state index in [0.29, 0.717) is 0 Å². The van der Waals surface area contributed by atoms with Crippen LogP contribution in [0.15, 0.2) is 53.6 Å². The van der Waals surface area contributed by atoms with E-state index in [1.165, 1.54) is 29.6 Å². The second kappa shape index (κ2) is 9.89. The summed E-state index contributed by atoms with van der Waals surface area (Å²) >= 11 is 0. The average molecular weight is 230 g/mol. The molecule has 0 nitrogen and oxygen atoms in total. The zero-order valence-electron chi connectivity index (χ0n) is 12.0. The highest BCUT2D eigenvalue weighted by atomic mass is 14.0. The van der Waals surface area contributed by atoms with Crippen LogP contribution in [0.25, 0.3) is 0 Å². The number of aryl methyl sites for hydroxylation is 1. The van der Waals surface area contributed by atoms with Gasteiger partial charge in [0.15, 0.2) is 0 Å². The van der Waals surface area contributed by atoms with Gasteiger partial charge in [0.1, 0.15) is 0 Å². The molecule has 1 aliphatic carbocycles. The fraction of sp³-hybridized carbons (Fsp3) is 0.412. The fourth-order valence-corrected chi connectivity index (χ4v) is 1.58. The Labute approximate surface area is 107 Å². The van der Waals surface area contributed by atoms with Gasteiger partial charge in [0.25, 0.3) is 0 Å². The summed E-state index contributed by atoms with van der Waals surface area (Å²) in [5.74, 6) is 0. The molecule has 0 heterocycles. The summed E-state index contributed by atoms with van der Waals surface area (Å²) in [6, 6.07) is 10.3. The predicted molar refractivity (Wildman–Crippen MR) is 79.3 cm³/mol. The third kappa shape index (κ3) is 8.50. The van der Waals surface area contributed by atoms with E-state index >= 15 is 0 Å². The molecule has 1 aromatic rings. The van der Waals surface area contributed by atoms with Crippen molar-refractivity contribution in [2.24, 2.45) is 0 Å². The zero-order valence-corrected chi connectivity index (χ0v) is 12.0. The van der Waals surface area contributed by atoms with Gasteiger partial charge in [-0.25, -0.2) is 0 Å². The van der Waals surface area contributed by atoms with Crippen LogP contribution < -0.4 is 0 Å². The third-order valence-electron chi connectivity index (χ3n) is 2.42. The lowest BCUT2D eigenvalue weighted by atomic mass is 10.0. The lowest BCUT2D eigenvalue weighted by Gasteiger charge is -2.04. The molecule has 2 rings (SSSR count). The Balaban J connectivity index is 0.000000265. The Kier molecular flexibility index (Phi) is 9.14. The van der Waals surface area contributed by atoms with Gasteiger partial charge in [-0.15, -0.1) is 0 Å². The maximum Gasteiger partial charge on any atom is -0.0285 e. The molecule has 0 N–H and O–H groups in total. The highest BCUT2D eigenvalue weighted by molar-refractivity contribution is 5.24. The molecule has 1 aromatic carbocycles. The zero-order chi connectivity index (χ0) is 13.1. The van der Waals surface area contributed by atoms with E-state index in [-0.39, 0.29) is 0 Å². The fourth-order valence-electron chi connectivity index (χ4n) is 1.58. The Morgan fingerprint density at radius 3 is 1.76 bits per heavy atom. The molecule has 0 aliphatic heterocycles. The molecule has 0 saturated carbocycles. The smallest absolute Gasteiger partial charge is 0.0285 e. The first kappa shape index (κ1) is 15.7. The van der Waals surface area contributed by atoms with Crippen LogP contribution in [-0.2, 0) is 0 Å². The number of allylic oxidation sites excluding steroid dienone is 4. The number of rotatable bonds is 0. The van der Waals surface area contributed by atoms with Crippen molar-refractivity contribution in [3.8, 4) is 0 Å². The van der Waals surface area contributed by atoms with Gasteiger partial charge in [0.05, 0.1) is 0 Å². The number of benzene rings is 1. The highest BCUT2D eigenvalue weighted by Crippen LogP contribution is 2.14. The molecular weight excluding hydrogens is 204 g/mol. The maximum atomic E-state index is 2.28. The van der Waals surface area contributed by atoms with Crippen LogP contribution in [0.2, 0.25) is 0 Å². The molecule has 0 atom stereocenters. The van der Waals surface area contributed by atoms with Gasteiger partial charge in [-0.3, -0.25) is 0 Å². The summed E-state index contributed by atoms with van der Waals surface area (Å²) in [4.78, 5) is 0. The van der Waals surface area contributed by atoms with Crippen molar-refractivity contribution in [1.82, 2.24) is 0 Å². The van der Waals surface area contributed by atoms with Crippen LogP contribution in [0.5, 0.6) is 0 Å². The summed E-state index contributed by atoms with van der Waals surface area (Å²) in [5.41, 5.74) is 4.27. The quantitative estimate of drug-likeness (QED) is 0.536. The molecule has 0 unspecified atom stereocenters. The summed E-state index contributed by atoms with van der Waals surface area (Å²) in [5, 5.41) is 0. The van der Waals surface area contributed by atoms with Crippen LogP contribution in [0.1, 0.15) is 46.1 Å².